The third-order valence-electron chi connectivity index (χ3n) is 16.6. The Kier molecular flexibility index (Phi) is 9.71. The van der Waals surface area contributed by atoms with Gasteiger partial charge >= 0.3 is 0 Å². The van der Waals surface area contributed by atoms with Gasteiger partial charge in [0.15, 0.2) is 0 Å². The van der Waals surface area contributed by atoms with Gasteiger partial charge in [0.2, 0.25) is 0 Å². The van der Waals surface area contributed by atoms with E-state index >= 15 is 0 Å². The fourth-order valence-corrected chi connectivity index (χ4v) is 12.9. The molecule has 15 aromatic carbocycles. The number of aromatic nitrogens is 1. The summed E-state index contributed by atoms with van der Waals surface area (Å²) in [7, 11) is 0. The predicted octanol–water partition coefficient (Wildman–Crippen LogP) is 21.2. The van der Waals surface area contributed by atoms with Gasteiger partial charge in [0, 0.05) is 16.2 Å². The molecule has 0 radical (unpaired) electrons. The van der Waals surface area contributed by atoms with Crippen molar-refractivity contribution >= 4 is 97.2 Å². The van der Waals surface area contributed by atoms with Gasteiger partial charge in [-0.15, -0.1) is 0 Å². The number of nitrogens with zero attached hydrogens (tertiary/aromatic N) is 1. The lowest BCUT2D eigenvalue weighted by atomic mass is 9.90. The van der Waals surface area contributed by atoms with E-state index in [1.807, 2.05) is 0 Å². The smallest absolute Gasteiger partial charge is 0.0541 e. The van der Waals surface area contributed by atoms with Crippen LogP contribution >= 0.6 is 0 Å². The van der Waals surface area contributed by atoms with Crippen LogP contribution in [0.5, 0.6) is 0 Å². The summed E-state index contributed by atoms with van der Waals surface area (Å²) in [6.07, 6.45) is 0. The van der Waals surface area contributed by atoms with Crippen LogP contribution in [0.1, 0.15) is 0 Å². The summed E-state index contributed by atoms with van der Waals surface area (Å²) in [5.41, 5.74) is 15.7. The first-order valence-corrected chi connectivity index (χ1v) is 26.7. The summed E-state index contributed by atoms with van der Waals surface area (Å²) in [5, 5.41) is 20.1. The molecule has 16 rings (SSSR count). The highest BCUT2D eigenvalue weighted by Gasteiger charge is 2.20. The van der Waals surface area contributed by atoms with Crippen molar-refractivity contribution in [3.63, 3.8) is 0 Å². The lowest BCUT2D eigenvalue weighted by Crippen LogP contribution is -1.97. The number of benzene rings is 15. The molecule has 0 spiro atoms. The molecule has 1 heteroatoms. The minimum Gasteiger partial charge on any atom is -0.309 e. The molecular formula is C76H47N. The summed E-state index contributed by atoms with van der Waals surface area (Å²) >= 11 is 0. The van der Waals surface area contributed by atoms with E-state index in [0.717, 1.165) is 5.69 Å². The van der Waals surface area contributed by atoms with Crippen molar-refractivity contribution in [2.75, 3.05) is 0 Å². The molecule has 0 N–H and O–H groups in total. The molecule has 1 nitrogen and oxygen atoms in total. The van der Waals surface area contributed by atoms with Crippen LogP contribution < -0.4 is 0 Å². The maximum absolute atomic E-state index is 2.50. The van der Waals surface area contributed by atoms with Crippen LogP contribution in [0, 0.1) is 0 Å². The fourth-order valence-electron chi connectivity index (χ4n) is 12.9. The molecule has 0 aliphatic rings. The monoisotopic (exact) mass is 973 g/mol. The largest absolute Gasteiger partial charge is 0.309 e. The van der Waals surface area contributed by atoms with Crippen LogP contribution in [0.2, 0.25) is 0 Å². The van der Waals surface area contributed by atoms with Crippen molar-refractivity contribution in [2.24, 2.45) is 0 Å². The van der Waals surface area contributed by atoms with Gasteiger partial charge in [-0.3, -0.25) is 0 Å². The SMILES string of the molecule is c1ccc2c(c1)cc(-c1ccc(-c3ccc4c(c3)c3cc(-c5ccc(-c6cc7ccccc7c7ccccc67)cc5)ccc3n4-c3ccc(-c4cc5ccccc5c5ccccc45)c4ccccc34)cc1)c1ccccc12. The van der Waals surface area contributed by atoms with E-state index in [1.54, 1.807) is 0 Å². The van der Waals surface area contributed by atoms with E-state index in [9.17, 15) is 0 Å². The Morgan fingerprint density at radius 1 is 0.169 bits per heavy atom. The molecule has 0 amide bonds. The van der Waals surface area contributed by atoms with Gasteiger partial charge in [-0.2, -0.15) is 0 Å². The third-order valence-corrected chi connectivity index (χ3v) is 16.6. The zero-order valence-electron chi connectivity index (χ0n) is 42.1. The number of rotatable bonds is 6. The zero-order valence-corrected chi connectivity index (χ0v) is 42.1. The number of hydrogen-bond donors (Lipinski definition) is 0. The van der Waals surface area contributed by atoms with Gasteiger partial charge in [-0.1, -0.05) is 237 Å². The molecule has 16 aromatic rings. The molecule has 0 bridgehead atoms. The average molecular weight is 974 g/mol. The van der Waals surface area contributed by atoms with Crippen molar-refractivity contribution in [1.29, 1.82) is 0 Å². The van der Waals surface area contributed by atoms with Crippen LogP contribution in [-0.2, 0) is 0 Å². The standard InChI is InChI=1S/C76H47N/c1-4-18-57-54(15-1)45-69(64-25-10-7-21-60(57)64)50-33-29-48(30-34-50)52-37-40-75-72(43-52)73-44-53(49-31-35-51(36-32-49)70-46-55-16-2-5-19-58(55)61-22-8-11-26-65(61)70)38-41-76(73)77(75)74-42-39-67(63-24-13-14-28-68(63)74)71-47-56-17-3-6-20-59(56)62-23-9-12-27-66(62)71/h1-47H. The van der Waals surface area contributed by atoms with E-state index in [0.29, 0.717) is 0 Å². The Hall–Kier alpha value is -10.1. The topological polar surface area (TPSA) is 4.93 Å². The van der Waals surface area contributed by atoms with E-state index in [-0.39, 0.29) is 0 Å². The molecule has 0 atom stereocenters. The summed E-state index contributed by atoms with van der Waals surface area (Å²) in [5.74, 6) is 0. The lowest BCUT2D eigenvalue weighted by Gasteiger charge is -2.17. The second kappa shape index (κ2) is 17.2. The molecule has 1 aromatic heterocycles. The zero-order chi connectivity index (χ0) is 50.6. The van der Waals surface area contributed by atoms with Crippen LogP contribution in [0.3, 0.4) is 0 Å². The van der Waals surface area contributed by atoms with Gasteiger partial charge in [-0.25, -0.2) is 0 Å². The van der Waals surface area contributed by atoms with Gasteiger partial charge in [0.1, 0.15) is 0 Å². The van der Waals surface area contributed by atoms with Gasteiger partial charge in [-0.05, 0) is 174 Å². The van der Waals surface area contributed by atoms with Crippen LogP contribution in [0.4, 0.5) is 0 Å². The number of fused-ring (bicyclic) bond motifs is 13. The highest BCUT2D eigenvalue weighted by atomic mass is 15.0. The van der Waals surface area contributed by atoms with E-state index in [4.69, 9.17) is 0 Å². The first kappa shape index (κ1) is 43.3. The van der Waals surface area contributed by atoms with Gasteiger partial charge in [0.05, 0.1) is 16.7 Å². The molecular weight excluding hydrogens is 927 g/mol. The van der Waals surface area contributed by atoms with Crippen molar-refractivity contribution in [1.82, 2.24) is 4.57 Å². The normalized spacial score (nSPS) is 11.9. The second-order valence-electron chi connectivity index (χ2n) is 20.7. The molecule has 77 heavy (non-hydrogen) atoms. The molecule has 0 unspecified atom stereocenters. The van der Waals surface area contributed by atoms with E-state index in [1.165, 1.54) is 153 Å². The highest BCUT2D eigenvalue weighted by Crippen LogP contribution is 2.44. The first-order valence-electron chi connectivity index (χ1n) is 26.7. The van der Waals surface area contributed by atoms with Crippen LogP contribution in [0.15, 0.2) is 285 Å². The Labute approximate surface area is 445 Å². The van der Waals surface area contributed by atoms with Crippen molar-refractivity contribution in [2.45, 2.75) is 0 Å². The quantitative estimate of drug-likeness (QED) is 0.146. The van der Waals surface area contributed by atoms with Crippen LogP contribution in [-0.4, -0.2) is 4.57 Å². The molecule has 0 saturated carbocycles. The highest BCUT2D eigenvalue weighted by molar-refractivity contribution is 6.19. The minimum atomic E-state index is 1.16. The first-order chi connectivity index (χ1) is 38.2. The van der Waals surface area contributed by atoms with Gasteiger partial charge < -0.3 is 4.57 Å². The van der Waals surface area contributed by atoms with E-state index < -0.39 is 0 Å². The molecule has 356 valence electrons. The maximum Gasteiger partial charge on any atom is 0.0541 e. The summed E-state index contributed by atoms with van der Waals surface area (Å²) in [4.78, 5) is 0. The van der Waals surface area contributed by atoms with Crippen molar-refractivity contribution < 1.29 is 0 Å². The Bertz CT molecular complexity index is 4860. The summed E-state index contributed by atoms with van der Waals surface area (Å²) < 4.78 is 2.50. The number of hydrogen-bond acceptors (Lipinski definition) is 0. The summed E-state index contributed by atoms with van der Waals surface area (Å²) in [6.45, 7) is 0. The molecule has 0 aliphatic heterocycles. The maximum atomic E-state index is 2.50. The fraction of sp³-hybridized carbons (Fsp3) is 0. The molecule has 0 fully saturated rings. The van der Waals surface area contributed by atoms with Gasteiger partial charge in [0.25, 0.3) is 0 Å². The molecule has 1 heterocycles. The Morgan fingerprint density at radius 3 is 0.909 bits per heavy atom. The van der Waals surface area contributed by atoms with Crippen LogP contribution in [0.25, 0.3) is 159 Å². The predicted molar refractivity (Wildman–Crippen MR) is 331 cm³/mol. The van der Waals surface area contributed by atoms with E-state index in [2.05, 4.69) is 290 Å². The third kappa shape index (κ3) is 6.88. The summed E-state index contributed by atoms with van der Waals surface area (Å²) in [6, 6.07) is 106. The minimum absolute atomic E-state index is 1.16. The Morgan fingerprint density at radius 2 is 0.481 bits per heavy atom. The van der Waals surface area contributed by atoms with Crippen molar-refractivity contribution in [3.05, 3.63) is 285 Å². The Balaban J connectivity index is 0.862. The lowest BCUT2D eigenvalue weighted by molar-refractivity contribution is 1.20. The average Bonchev–Trinajstić information content (AvgIpc) is 3.91. The molecule has 0 aliphatic carbocycles. The molecule has 0 saturated heterocycles. The second-order valence-corrected chi connectivity index (χ2v) is 20.7. The van der Waals surface area contributed by atoms with Crippen molar-refractivity contribution in [3.8, 4) is 61.3 Å².